The third-order valence-electron chi connectivity index (χ3n) is 5.21. The van der Waals surface area contributed by atoms with Gasteiger partial charge in [0, 0.05) is 31.6 Å². The highest BCUT2D eigenvalue weighted by Gasteiger charge is 2.22. The number of aromatic nitrogens is 3. The highest BCUT2D eigenvalue weighted by molar-refractivity contribution is 7.13. The van der Waals surface area contributed by atoms with E-state index in [9.17, 15) is 4.79 Å². The number of primary amides is 1. The first-order valence-electron chi connectivity index (χ1n) is 9.37. The summed E-state index contributed by atoms with van der Waals surface area (Å²) >= 11 is 1.48. The Kier molecular flexibility index (Phi) is 4.95. The zero-order valence-corrected chi connectivity index (χ0v) is 16.0. The number of rotatable bonds is 4. The van der Waals surface area contributed by atoms with Crippen molar-refractivity contribution in [2.24, 2.45) is 11.7 Å². The molecule has 140 valence electrons. The molecule has 4 heterocycles. The summed E-state index contributed by atoms with van der Waals surface area (Å²) in [7, 11) is 0. The van der Waals surface area contributed by atoms with Crippen LogP contribution < -0.4 is 10.6 Å². The number of likely N-dealkylation sites (tertiary alicyclic amines) is 1. The van der Waals surface area contributed by atoms with E-state index in [0.29, 0.717) is 5.69 Å². The lowest BCUT2D eigenvalue weighted by Crippen LogP contribution is -2.33. The summed E-state index contributed by atoms with van der Waals surface area (Å²) in [6.45, 7) is 8.23. The average molecular weight is 375 g/mol. The van der Waals surface area contributed by atoms with Crippen molar-refractivity contribution < 1.29 is 4.79 Å². The molecule has 1 saturated heterocycles. The fourth-order valence-electron chi connectivity index (χ4n) is 3.94. The first-order valence-corrected chi connectivity index (χ1v) is 10.2. The Labute approximate surface area is 157 Å². The van der Waals surface area contributed by atoms with Crippen LogP contribution in [0.25, 0.3) is 0 Å². The third-order valence-corrected chi connectivity index (χ3v) is 6.11. The van der Waals surface area contributed by atoms with Crippen LogP contribution in [0.5, 0.6) is 0 Å². The zero-order chi connectivity index (χ0) is 18.1. The Morgan fingerprint density at radius 3 is 3.00 bits per heavy atom. The number of hydrogen-bond acceptors (Lipinski definition) is 6. The quantitative estimate of drug-likeness (QED) is 0.886. The molecule has 2 aromatic heterocycles. The minimum atomic E-state index is -0.467. The molecule has 1 amide bonds. The molecule has 2 aliphatic rings. The lowest BCUT2D eigenvalue weighted by Gasteiger charge is -2.30. The predicted molar refractivity (Wildman–Crippen MR) is 102 cm³/mol. The lowest BCUT2D eigenvalue weighted by molar-refractivity contribution is 0.0996. The number of anilines is 1. The van der Waals surface area contributed by atoms with Crippen LogP contribution in [-0.4, -0.2) is 45.2 Å². The van der Waals surface area contributed by atoms with Gasteiger partial charge in [-0.1, -0.05) is 6.92 Å². The molecule has 8 heteroatoms. The molecule has 2 aromatic rings. The van der Waals surface area contributed by atoms with E-state index in [1.807, 2.05) is 0 Å². The minimum Gasteiger partial charge on any atom is -0.364 e. The topological polar surface area (TPSA) is 80.3 Å². The number of nitrogens with zero attached hydrogens (tertiary/aromatic N) is 5. The summed E-state index contributed by atoms with van der Waals surface area (Å²) in [5.41, 5.74) is 8.06. The molecule has 1 unspecified atom stereocenters. The van der Waals surface area contributed by atoms with E-state index in [2.05, 4.69) is 32.5 Å². The van der Waals surface area contributed by atoms with Crippen LogP contribution in [0.4, 0.5) is 5.13 Å². The number of nitrogens with two attached hydrogens (primary N) is 1. The molecular formula is C18H26N6OS. The molecule has 1 atom stereocenters. The van der Waals surface area contributed by atoms with Gasteiger partial charge in [0.15, 0.2) is 5.13 Å². The molecule has 0 aromatic carbocycles. The van der Waals surface area contributed by atoms with Crippen molar-refractivity contribution in [1.82, 2.24) is 19.7 Å². The molecule has 26 heavy (non-hydrogen) atoms. The second-order valence-corrected chi connectivity index (χ2v) is 8.32. The summed E-state index contributed by atoms with van der Waals surface area (Å²) < 4.78 is 2.14. The van der Waals surface area contributed by atoms with Gasteiger partial charge >= 0.3 is 0 Å². The first-order chi connectivity index (χ1) is 12.6. The Bertz CT molecular complexity index is 784. The molecule has 0 bridgehead atoms. The van der Waals surface area contributed by atoms with Gasteiger partial charge in [0.25, 0.3) is 5.91 Å². The van der Waals surface area contributed by atoms with E-state index in [1.54, 1.807) is 5.38 Å². The van der Waals surface area contributed by atoms with Crippen molar-refractivity contribution in [3.05, 3.63) is 28.5 Å². The van der Waals surface area contributed by atoms with Gasteiger partial charge in [-0.3, -0.25) is 14.4 Å². The Balaban J connectivity index is 1.47. The van der Waals surface area contributed by atoms with Crippen molar-refractivity contribution in [1.29, 1.82) is 0 Å². The van der Waals surface area contributed by atoms with Crippen LogP contribution >= 0.6 is 11.3 Å². The fraction of sp³-hybridized carbons (Fsp3) is 0.611. The van der Waals surface area contributed by atoms with Crippen LogP contribution in [0.2, 0.25) is 0 Å². The predicted octanol–water partition coefficient (Wildman–Crippen LogP) is 2.08. The van der Waals surface area contributed by atoms with Gasteiger partial charge in [-0.05, 0) is 37.8 Å². The summed E-state index contributed by atoms with van der Waals surface area (Å²) in [5, 5.41) is 7.45. The van der Waals surface area contributed by atoms with Gasteiger partial charge in [-0.15, -0.1) is 11.3 Å². The molecular weight excluding hydrogens is 348 g/mol. The highest BCUT2D eigenvalue weighted by Crippen LogP contribution is 2.25. The van der Waals surface area contributed by atoms with Gasteiger partial charge in [0.1, 0.15) is 5.69 Å². The molecule has 0 aliphatic carbocycles. The lowest BCUT2D eigenvalue weighted by atomic mass is 10.0. The van der Waals surface area contributed by atoms with Gasteiger partial charge in [0.2, 0.25) is 0 Å². The summed E-state index contributed by atoms with van der Waals surface area (Å²) in [6.07, 6.45) is 3.64. The molecule has 0 radical (unpaired) electrons. The first kappa shape index (κ1) is 17.5. The van der Waals surface area contributed by atoms with Gasteiger partial charge < -0.3 is 10.6 Å². The number of thiazole rings is 1. The molecule has 0 saturated carbocycles. The van der Waals surface area contributed by atoms with E-state index < -0.39 is 5.91 Å². The van der Waals surface area contributed by atoms with Gasteiger partial charge in [-0.25, -0.2) is 4.98 Å². The maximum absolute atomic E-state index is 11.3. The number of aryl methyl sites for hydroxylation is 1. The number of piperidine rings is 1. The van der Waals surface area contributed by atoms with E-state index >= 15 is 0 Å². The SMILES string of the molecule is CC1CCCN(Cc2cc3n(n2)CCCN(c2nc(C(N)=O)cs2)C3)C1. The van der Waals surface area contributed by atoms with Crippen molar-refractivity contribution in [3.8, 4) is 0 Å². The second kappa shape index (κ2) is 7.36. The van der Waals surface area contributed by atoms with Crippen LogP contribution in [0.3, 0.4) is 0 Å². The second-order valence-electron chi connectivity index (χ2n) is 7.49. The van der Waals surface area contributed by atoms with Crippen molar-refractivity contribution >= 4 is 22.4 Å². The van der Waals surface area contributed by atoms with Gasteiger partial charge in [-0.2, -0.15) is 5.10 Å². The van der Waals surface area contributed by atoms with Crippen LogP contribution in [0.1, 0.15) is 48.1 Å². The van der Waals surface area contributed by atoms with Crippen molar-refractivity contribution in [2.45, 2.75) is 45.8 Å². The number of carbonyl (C=O) groups excluding carboxylic acids is 1. The molecule has 4 rings (SSSR count). The highest BCUT2D eigenvalue weighted by atomic mass is 32.1. The van der Waals surface area contributed by atoms with Gasteiger partial charge in [0.05, 0.1) is 17.9 Å². The maximum atomic E-state index is 11.3. The molecule has 7 nitrogen and oxygen atoms in total. The standard InChI is InChI=1S/C18H26N6OS/c1-13-4-2-5-22(9-13)10-14-8-15-11-23(6-3-7-24(15)21-14)18-20-16(12-26-18)17(19)25/h8,12-13H,2-7,9-11H2,1H3,(H2,19,25). The minimum absolute atomic E-state index is 0.350. The van der Waals surface area contributed by atoms with E-state index in [1.165, 1.54) is 43.0 Å². The monoisotopic (exact) mass is 374 g/mol. The number of hydrogen-bond donors (Lipinski definition) is 1. The largest absolute Gasteiger partial charge is 0.364 e. The summed E-state index contributed by atoms with van der Waals surface area (Å²) in [4.78, 5) is 20.4. The summed E-state index contributed by atoms with van der Waals surface area (Å²) in [5.74, 6) is 0.314. The fourth-order valence-corrected chi connectivity index (χ4v) is 4.79. The number of fused-ring (bicyclic) bond motifs is 1. The smallest absolute Gasteiger partial charge is 0.268 e. The van der Waals surface area contributed by atoms with E-state index in [0.717, 1.165) is 49.3 Å². The van der Waals surface area contributed by atoms with Crippen molar-refractivity contribution in [2.75, 3.05) is 24.5 Å². The normalized spacial score (nSPS) is 21.4. The Morgan fingerprint density at radius 1 is 1.35 bits per heavy atom. The molecule has 0 spiro atoms. The molecule has 2 N–H and O–H groups in total. The average Bonchev–Trinajstić information content (AvgIpc) is 3.18. The Hall–Kier alpha value is -1.93. The van der Waals surface area contributed by atoms with Crippen LogP contribution in [-0.2, 0) is 19.6 Å². The maximum Gasteiger partial charge on any atom is 0.268 e. The van der Waals surface area contributed by atoms with Crippen LogP contribution in [0.15, 0.2) is 11.4 Å². The van der Waals surface area contributed by atoms with E-state index in [4.69, 9.17) is 10.8 Å². The molecule has 2 aliphatic heterocycles. The molecule has 1 fully saturated rings. The van der Waals surface area contributed by atoms with Crippen molar-refractivity contribution in [3.63, 3.8) is 0 Å². The van der Waals surface area contributed by atoms with E-state index in [-0.39, 0.29) is 0 Å². The summed E-state index contributed by atoms with van der Waals surface area (Å²) in [6, 6.07) is 2.24. The number of amides is 1. The van der Waals surface area contributed by atoms with Crippen LogP contribution in [0, 0.1) is 5.92 Å². The number of carbonyl (C=O) groups is 1. The zero-order valence-electron chi connectivity index (χ0n) is 15.2. The Morgan fingerprint density at radius 2 is 2.23 bits per heavy atom. The third kappa shape index (κ3) is 3.76.